The summed E-state index contributed by atoms with van der Waals surface area (Å²) in [6, 6.07) is 9.37. The zero-order valence-corrected chi connectivity index (χ0v) is 9.91. The maximum absolute atomic E-state index is 9.96. The number of benzene rings is 1. The van der Waals surface area contributed by atoms with Crippen molar-refractivity contribution in [2.45, 2.75) is 31.1 Å². The van der Waals surface area contributed by atoms with E-state index in [4.69, 9.17) is 0 Å². The molecule has 1 unspecified atom stereocenters. The Labute approximate surface area is 102 Å². The van der Waals surface area contributed by atoms with Gasteiger partial charge in [0.2, 0.25) is 0 Å². The molecule has 0 saturated carbocycles. The van der Waals surface area contributed by atoms with Crippen LogP contribution in [-0.4, -0.2) is 28.6 Å². The highest BCUT2D eigenvalue weighted by atomic mass is 35.5. The van der Waals surface area contributed by atoms with Crippen molar-refractivity contribution in [1.82, 2.24) is 5.32 Å². The summed E-state index contributed by atoms with van der Waals surface area (Å²) in [5.41, 5.74) is 0.955. The van der Waals surface area contributed by atoms with Crippen LogP contribution in [0.25, 0.3) is 0 Å². The minimum Gasteiger partial charge on any atom is -0.364 e. The van der Waals surface area contributed by atoms with E-state index in [0.29, 0.717) is 0 Å². The van der Waals surface area contributed by atoms with Crippen molar-refractivity contribution < 1.29 is 10.2 Å². The van der Waals surface area contributed by atoms with Gasteiger partial charge in [-0.25, -0.2) is 0 Å². The molecule has 1 fully saturated rings. The Morgan fingerprint density at radius 2 is 1.94 bits per heavy atom. The van der Waals surface area contributed by atoms with Gasteiger partial charge in [-0.05, 0) is 24.9 Å². The largest absolute Gasteiger partial charge is 0.364 e. The van der Waals surface area contributed by atoms with Gasteiger partial charge < -0.3 is 15.5 Å². The smallest absolute Gasteiger partial charge is 0.182 e. The summed E-state index contributed by atoms with van der Waals surface area (Å²) in [5.74, 6) is -1.63. The second kappa shape index (κ2) is 5.64. The molecular formula is C12H18ClNO2. The fraction of sp³-hybridized carbons (Fsp3) is 0.500. The monoisotopic (exact) mass is 243 g/mol. The number of nitrogens with one attached hydrogen (secondary N) is 1. The highest BCUT2D eigenvalue weighted by molar-refractivity contribution is 5.85. The predicted octanol–water partition coefficient (Wildman–Crippen LogP) is 1.08. The van der Waals surface area contributed by atoms with Gasteiger partial charge in [0.25, 0.3) is 0 Å². The van der Waals surface area contributed by atoms with E-state index < -0.39 is 5.79 Å². The Hall–Kier alpha value is -0.610. The molecule has 90 valence electrons. The fourth-order valence-electron chi connectivity index (χ4n) is 2.10. The normalized spacial score (nSPS) is 20.5. The first-order valence-electron chi connectivity index (χ1n) is 5.40. The highest BCUT2D eigenvalue weighted by Crippen LogP contribution is 2.21. The maximum atomic E-state index is 9.96. The second-order valence-corrected chi connectivity index (χ2v) is 4.19. The summed E-state index contributed by atoms with van der Waals surface area (Å²) in [4.78, 5) is 0. The predicted molar refractivity (Wildman–Crippen MR) is 65.6 cm³/mol. The van der Waals surface area contributed by atoms with Crippen molar-refractivity contribution >= 4 is 12.4 Å². The second-order valence-electron chi connectivity index (χ2n) is 4.19. The lowest BCUT2D eigenvalue weighted by Gasteiger charge is -2.28. The lowest BCUT2D eigenvalue weighted by atomic mass is 9.97. The van der Waals surface area contributed by atoms with Crippen LogP contribution in [-0.2, 0) is 6.42 Å². The van der Waals surface area contributed by atoms with Gasteiger partial charge >= 0.3 is 0 Å². The number of rotatable bonds is 3. The molecule has 1 saturated heterocycles. The SMILES string of the molecule is Cl.OC(O)(Cc1ccccc1)C1CCCN1. The quantitative estimate of drug-likeness (QED) is 0.697. The highest BCUT2D eigenvalue weighted by Gasteiger charge is 2.36. The molecule has 0 spiro atoms. The summed E-state index contributed by atoms with van der Waals surface area (Å²) < 4.78 is 0. The van der Waals surface area contributed by atoms with Gasteiger partial charge in [0.15, 0.2) is 5.79 Å². The summed E-state index contributed by atoms with van der Waals surface area (Å²) in [6.07, 6.45) is 2.13. The topological polar surface area (TPSA) is 52.5 Å². The van der Waals surface area contributed by atoms with Crippen molar-refractivity contribution in [3.8, 4) is 0 Å². The Kier molecular flexibility index (Phi) is 4.74. The van der Waals surface area contributed by atoms with Gasteiger partial charge in [0.1, 0.15) is 0 Å². The van der Waals surface area contributed by atoms with E-state index in [1.54, 1.807) is 0 Å². The molecule has 1 aromatic rings. The van der Waals surface area contributed by atoms with Crippen LogP contribution in [0.2, 0.25) is 0 Å². The average molecular weight is 244 g/mol. The first-order chi connectivity index (χ1) is 7.18. The van der Waals surface area contributed by atoms with Crippen LogP contribution in [0, 0.1) is 0 Å². The molecule has 0 aromatic heterocycles. The summed E-state index contributed by atoms with van der Waals surface area (Å²) in [7, 11) is 0. The third kappa shape index (κ3) is 3.19. The van der Waals surface area contributed by atoms with Gasteiger partial charge in [-0.15, -0.1) is 12.4 Å². The van der Waals surface area contributed by atoms with E-state index in [9.17, 15) is 10.2 Å². The standard InChI is InChI=1S/C12H17NO2.ClH/c14-12(15,11-7-4-8-13-11)9-10-5-2-1-3-6-10;/h1-3,5-6,11,13-15H,4,7-9H2;1H. The van der Waals surface area contributed by atoms with Gasteiger partial charge in [0.05, 0.1) is 6.04 Å². The molecule has 0 amide bonds. The third-order valence-corrected chi connectivity index (χ3v) is 2.93. The molecule has 0 radical (unpaired) electrons. The van der Waals surface area contributed by atoms with Crippen molar-refractivity contribution in [3.63, 3.8) is 0 Å². The van der Waals surface area contributed by atoms with Gasteiger partial charge in [0, 0.05) is 6.42 Å². The minimum absolute atomic E-state index is 0. The van der Waals surface area contributed by atoms with Crippen molar-refractivity contribution in [1.29, 1.82) is 0 Å². The van der Waals surface area contributed by atoms with E-state index in [2.05, 4.69) is 5.32 Å². The minimum atomic E-state index is -1.63. The Morgan fingerprint density at radius 1 is 1.25 bits per heavy atom. The van der Waals surface area contributed by atoms with Crippen LogP contribution in [0.1, 0.15) is 18.4 Å². The van der Waals surface area contributed by atoms with Crippen LogP contribution < -0.4 is 5.32 Å². The molecule has 0 bridgehead atoms. The first-order valence-corrected chi connectivity index (χ1v) is 5.40. The van der Waals surface area contributed by atoms with E-state index in [1.807, 2.05) is 30.3 Å². The molecule has 4 heteroatoms. The Bertz CT molecular complexity index is 310. The van der Waals surface area contributed by atoms with Crippen molar-refractivity contribution in [3.05, 3.63) is 35.9 Å². The number of hydrogen-bond donors (Lipinski definition) is 3. The van der Waals surface area contributed by atoms with Crippen molar-refractivity contribution in [2.24, 2.45) is 0 Å². The summed E-state index contributed by atoms with van der Waals surface area (Å²) in [6.45, 7) is 0.877. The molecule has 2 rings (SSSR count). The van der Waals surface area contributed by atoms with E-state index >= 15 is 0 Å². The van der Waals surface area contributed by atoms with Gasteiger partial charge in [-0.2, -0.15) is 0 Å². The van der Waals surface area contributed by atoms with Crippen LogP contribution >= 0.6 is 12.4 Å². The van der Waals surface area contributed by atoms with Crippen LogP contribution in [0.4, 0.5) is 0 Å². The van der Waals surface area contributed by atoms with E-state index in [0.717, 1.165) is 24.9 Å². The van der Waals surface area contributed by atoms with Crippen molar-refractivity contribution in [2.75, 3.05) is 6.54 Å². The molecule has 16 heavy (non-hydrogen) atoms. The van der Waals surface area contributed by atoms with Crippen LogP contribution in [0.15, 0.2) is 30.3 Å². The van der Waals surface area contributed by atoms with Crippen LogP contribution in [0.5, 0.6) is 0 Å². The van der Waals surface area contributed by atoms with E-state index in [-0.39, 0.29) is 24.9 Å². The fourth-order valence-corrected chi connectivity index (χ4v) is 2.10. The number of hydrogen-bond acceptors (Lipinski definition) is 3. The van der Waals surface area contributed by atoms with Crippen LogP contribution in [0.3, 0.4) is 0 Å². The molecule has 1 aliphatic rings. The average Bonchev–Trinajstić information content (AvgIpc) is 2.71. The molecule has 3 nitrogen and oxygen atoms in total. The summed E-state index contributed by atoms with van der Waals surface area (Å²) >= 11 is 0. The number of aliphatic hydroxyl groups is 2. The molecule has 1 aliphatic heterocycles. The molecule has 1 atom stereocenters. The van der Waals surface area contributed by atoms with E-state index in [1.165, 1.54) is 0 Å². The van der Waals surface area contributed by atoms with Gasteiger partial charge in [-0.1, -0.05) is 30.3 Å². The molecular weight excluding hydrogens is 226 g/mol. The maximum Gasteiger partial charge on any atom is 0.182 e. The molecule has 3 N–H and O–H groups in total. The first kappa shape index (κ1) is 13.5. The Morgan fingerprint density at radius 3 is 2.50 bits per heavy atom. The lowest BCUT2D eigenvalue weighted by molar-refractivity contribution is -0.178. The zero-order valence-electron chi connectivity index (χ0n) is 9.10. The number of halogens is 1. The molecule has 1 heterocycles. The summed E-state index contributed by atoms with van der Waals surface area (Å²) in [5, 5.41) is 23.0. The lowest BCUT2D eigenvalue weighted by Crippen LogP contribution is -2.49. The molecule has 0 aliphatic carbocycles. The molecule has 1 aromatic carbocycles. The third-order valence-electron chi connectivity index (χ3n) is 2.93. The van der Waals surface area contributed by atoms with Gasteiger partial charge in [-0.3, -0.25) is 0 Å². The Balaban J connectivity index is 0.00000128. The zero-order chi connectivity index (χ0) is 10.7.